The number of likely N-dealkylation sites (N-methyl/N-ethyl adjacent to an activating group) is 1. The highest BCUT2D eigenvalue weighted by Crippen LogP contribution is 2.21. The number of hydrogen-bond acceptors (Lipinski definition) is 4. The molecule has 1 saturated heterocycles. The molecule has 1 N–H and O–H groups in total. The number of ether oxygens (including phenoxy) is 2. The molecule has 1 aliphatic heterocycles. The molecule has 2 aliphatic rings. The summed E-state index contributed by atoms with van der Waals surface area (Å²) in [5.74, 6) is 0. The van der Waals surface area contributed by atoms with Gasteiger partial charge >= 0.3 is 0 Å². The highest BCUT2D eigenvalue weighted by atomic mass is 16.5. The van der Waals surface area contributed by atoms with E-state index in [1.807, 2.05) is 7.05 Å². The van der Waals surface area contributed by atoms with Gasteiger partial charge in [-0.15, -0.1) is 0 Å². The van der Waals surface area contributed by atoms with Gasteiger partial charge in [0.25, 0.3) is 0 Å². The van der Waals surface area contributed by atoms with Crippen LogP contribution >= 0.6 is 0 Å². The Morgan fingerprint density at radius 2 is 2.11 bits per heavy atom. The summed E-state index contributed by atoms with van der Waals surface area (Å²) in [7, 11) is 2.05. The van der Waals surface area contributed by atoms with E-state index < -0.39 is 0 Å². The Morgan fingerprint density at radius 3 is 2.84 bits per heavy atom. The van der Waals surface area contributed by atoms with E-state index in [1.54, 1.807) is 0 Å². The van der Waals surface area contributed by atoms with Gasteiger partial charge in [0.05, 0.1) is 25.4 Å². The zero-order valence-electron chi connectivity index (χ0n) is 12.7. The maximum atomic E-state index is 6.14. The lowest BCUT2D eigenvalue weighted by atomic mass is 9.92. The van der Waals surface area contributed by atoms with Gasteiger partial charge in [0, 0.05) is 25.2 Å². The third kappa shape index (κ3) is 4.42. The van der Waals surface area contributed by atoms with Gasteiger partial charge in [0.2, 0.25) is 0 Å². The molecule has 3 atom stereocenters. The molecular weight excluding hydrogens is 240 g/mol. The first-order chi connectivity index (χ1) is 9.20. The fourth-order valence-electron chi connectivity index (χ4n) is 3.17. The van der Waals surface area contributed by atoms with E-state index in [0.717, 1.165) is 26.3 Å². The van der Waals surface area contributed by atoms with Gasteiger partial charge < -0.3 is 14.8 Å². The van der Waals surface area contributed by atoms with Crippen LogP contribution in [0, 0.1) is 0 Å². The molecule has 0 bridgehead atoms. The molecule has 2 fully saturated rings. The van der Waals surface area contributed by atoms with E-state index in [1.165, 1.54) is 25.7 Å². The highest BCUT2D eigenvalue weighted by molar-refractivity contribution is 4.82. The molecule has 4 nitrogen and oxygen atoms in total. The fraction of sp³-hybridized carbons (Fsp3) is 1.00. The van der Waals surface area contributed by atoms with Crippen LogP contribution in [0.2, 0.25) is 0 Å². The molecule has 2 rings (SSSR count). The van der Waals surface area contributed by atoms with Gasteiger partial charge in [-0.1, -0.05) is 12.8 Å². The second-order valence-corrected chi connectivity index (χ2v) is 6.13. The van der Waals surface area contributed by atoms with Crippen molar-refractivity contribution in [2.75, 3.05) is 33.4 Å². The number of hydrogen-bond donors (Lipinski definition) is 1. The van der Waals surface area contributed by atoms with Gasteiger partial charge in [-0.2, -0.15) is 0 Å². The van der Waals surface area contributed by atoms with Crippen LogP contribution in [0.4, 0.5) is 0 Å². The Labute approximate surface area is 117 Å². The minimum atomic E-state index is 0.246. The molecule has 1 heterocycles. The van der Waals surface area contributed by atoms with E-state index in [2.05, 4.69) is 24.1 Å². The summed E-state index contributed by atoms with van der Waals surface area (Å²) in [6.45, 7) is 8.15. The van der Waals surface area contributed by atoms with Crippen molar-refractivity contribution < 1.29 is 9.47 Å². The summed E-state index contributed by atoms with van der Waals surface area (Å²) in [5, 5.41) is 3.39. The van der Waals surface area contributed by atoms with Gasteiger partial charge in [-0.25, -0.2) is 0 Å². The summed E-state index contributed by atoms with van der Waals surface area (Å²) < 4.78 is 12.0. The molecule has 1 aliphatic carbocycles. The Kier molecular flexibility index (Phi) is 6.07. The second-order valence-electron chi connectivity index (χ2n) is 6.13. The Hall–Kier alpha value is -0.160. The smallest absolute Gasteiger partial charge is 0.0935 e. The highest BCUT2D eigenvalue weighted by Gasteiger charge is 2.27. The quantitative estimate of drug-likeness (QED) is 0.823. The van der Waals surface area contributed by atoms with Crippen LogP contribution in [0.5, 0.6) is 0 Å². The number of morpholine rings is 1. The molecule has 1 saturated carbocycles. The number of rotatable bonds is 5. The average molecular weight is 270 g/mol. The second kappa shape index (κ2) is 7.58. The van der Waals surface area contributed by atoms with E-state index in [4.69, 9.17) is 9.47 Å². The summed E-state index contributed by atoms with van der Waals surface area (Å²) in [6.07, 6.45) is 5.67. The van der Waals surface area contributed by atoms with Crippen LogP contribution < -0.4 is 5.32 Å². The van der Waals surface area contributed by atoms with E-state index in [-0.39, 0.29) is 6.10 Å². The molecule has 0 aromatic heterocycles. The molecule has 3 unspecified atom stereocenters. The molecule has 112 valence electrons. The first kappa shape index (κ1) is 15.2. The monoisotopic (exact) mass is 270 g/mol. The van der Waals surface area contributed by atoms with Gasteiger partial charge in [0.15, 0.2) is 0 Å². The minimum absolute atomic E-state index is 0.246. The third-order valence-corrected chi connectivity index (χ3v) is 4.47. The van der Waals surface area contributed by atoms with Gasteiger partial charge in [-0.3, -0.25) is 4.90 Å². The maximum absolute atomic E-state index is 6.14. The molecule has 0 amide bonds. The molecule has 0 spiro atoms. The predicted molar refractivity (Wildman–Crippen MR) is 77.5 cm³/mol. The molecule has 0 aromatic rings. The van der Waals surface area contributed by atoms with Crippen molar-refractivity contribution >= 4 is 0 Å². The zero-order valence-corrected chi connectivity index (χ0v) is 12.7. The summed E-state index contributed by atoms with van der Waals surface area (Å²) in [6, 6.07) is 1.13. The average Bonchev–Trinajstić information content (AvgIpc) is 2.45. The Bertz CT molecular complexity index is 261. The lowest BCUT2D eigenvalue weighted by Crippen LogP contribution is -2.49. The van der Waals surface area contributed by atoms with Crippen molar-refractivity contribution in [2.45, 2.75) is 63.8 Å². The number of nitrogens with one attached hydrogen (secondary N) is 1. The summed E-state index contributed by atoms with van der Waals surface area (Å²) in [4.78, 5) is 2.48. The van der Waals surface area contributed by atoms with Crippen molar-refractivity contribution in [1.29, 1.82) is 0 Å². The molecule has 19 heavy (non-hydrogen) atoms. The van der Waals surface area contributed by atoms with Crippen molar-refractivity contribution in [3.05, 3.63) is 0 Å². The van der Waals surface area contributed by atoms with E-state index >= 15 is 0 Å². The van der Waals surface area contributed by atoms with Crippen LogP contribution in [0.25, 0.3) is 0 Å². The first-order valence-corrected chi connectivity index (χ1v) is 7.85. The van der Waals surface area contributed by atoms with Crippen LogP contribution in [0.15, 0.2) is 0 Å². The normalized spacial score (nSPS) is 33.8. The molecule has 0 aromatic carbocycles. The number of nitrogens with zero attached hydrogens (tertiary/aromatic N) is 1. The lowest BCUT2D eigenvalue weighted by Gasteiger charge is -2.37. The van der Waals surface area contributed by atoms with Crippen LogP contribution in [0.3, 0.4) is 0 Å². The largest absolute Gasteiger partial charge is 0.374 e. The third-order valence-electron chi connectivity index (χ3n) is 4.47. The summed E-state index contributed by atoms with van der Waals surface area (Å²) in [5.41, 5.74) is 0. The summed E-state index contributed by atoms with van der Waals surface area (Å²) >= 11 is 0. The lowest BCUT2D eigenvalue weighted by molar-refractivity contribution is -0.0997. The van der Waals surface area contributed by atoms with Crippen LogP contribution in [-0.2, 0) is 9.47 Å². The SMILES string of the molecule is CNC1CCCCC1OCC1CN(C(C)C)CCO1. The molecular formula is C15H30N2O2. The topological polar surface area (TPSA) is 33.7 Å². The predicted octanol–water partition coefficient (Wildman–Crippen LogP) is 1.64. The zero-order chi connectivity index (χ0) is 13.7. The standard InChI is InChI=1S/C15H30N2O2/c1-12(2)17-8-9-18-13(10-17)11-19-15-7-5-4-6-14(15)16-3/h12-16H,4-11H2,1-3H3. The van der Waals surface area contributed by atoms with Gasteiger partial charge in [-0.05, 0) is 33.7 Å². The van der Waals surface area contributed by atoms with Crippen molar-refractivity contribution in [1.82, 2.24) is 10.2 Å². The van der Waals surface area contributed by atoms with Gasteiger partial charge in [0.1, 0.15) is 0 Å². The van der Waals surface area contributed by atoms with E-state index in [0.29, 0.717) is 18.2 Å². The Morgan fingerprint density at radius 1 is 1.32 bits per heavy atom. The maximum Gasteiger partial charge on any atom is 0.0935 e. The Balaban J connectivity index is 1.74. The molecule has 4 heteroatoms. The molecule has 0 radical (unpaired) electrons. The first-order valence-electron chi connectivity index (χ1n) is 7.85. The van der Waals surface area contributed by atoms with Crippen molar-refractivity contribution in [3.8, 4) is 0 Å². The fourth-order valence-corrected chi connectivity index (χ4v) is 3.17. The van der Waals surface area contributed by atoms with Crippen LogP contribution in [-0.4, -0.2) is 62.5 Å². The van der Waals surface area contributed by atoms with Crippen molar-refractivity contribution in [3.63, 3.8) is 0 Å². The van der Waals surface area contributed by atoms with Crippen molar-refractivity contribution in [2.24, 2.45) is 0 Å². The van der Waals surface area contributed by atoms with Crippen LogP contribution in [0.1, 0.15) is 39.5 Å². The minimum Gasteiger partial charge on any atom is -0.374 e. The van der Waals surface area contributed by atoms with E-state index in [9.17, 15) is 0 Å².